The number of nitrogens with two attached hydrogens (primary N) is 1. The Kier molecular flexibility index (Phi) is 3.68. The maximum absolute atomic E-state index is 14.0. The van der Waals surface area contributed by atoms with Crippen LogP contribution in [0.25, 0.3) is 22.4 Å². The van der Waals surface area contributed by atoms with Crippen LogP contribution < -0.4 is 5.73 Å². The average Bonchev–Trinajstić information content (AvgIpc) is 2.83. The third-order valence-electron chi connectivity index (χ3n) is 3.47. The first-order valence-corrected chi connectivity index (χ1v) is 7.62. The summed E-state index contributed by atoms with van der Waals surface area (Å²) in [6.07, 6.45) is 0.933. The molecule has 0 amide bonds. The highest BCUT2D eigenvalue weighted by atomic mass is 79.9. The molecule has 0 aliphatic carbocycles. The second-order valence-corrected chi connectivity index (χ2v) is 5.75. The number of rotatable bonds is 3. The van der Waals surface area contributed by atoms with Crippen LogP contribution in [0.1, 0.15) is 13.3 Å². The van der Waals surface area contributed by atoms with Crippen LogP contribution in [0.5, 0.6) is 0 Å². The summed E-state index contributed by atoms with van der Waals surface area (Å²) in [6, 6.07) is 10.7. The number of para-hydroxylation sites is 2. The Morgan fingerprint density at radius 2 is 2.00 bits per heavy atom. The molecule has 3 rings (SSSR count). The summed E-state index contributed by atoms with van der Waals surface area (Å²) in [7, 11) is 0. The average molecular weight is 348 g/mol. The maximum Gasteiger partial charge on any atom is 0.151 e. The predicted molar refractivity (Wildman–Crippen MR) is 87.5 cm³/mol. The van der Waals surface area contributed by atoms with Crippen molar-refractivity contribution in [2.75, 3.05) is 5.73 Å². The van der Waals surface area contributed by atoms with Gasteiger partial charge in [0, 0.05) is 16.6 Å². The maximum atomic E-state index is 14.0. The van der Waals surface area contributed by atoms with Crippen molar-refractivity contribution >= 4 is 32.7 Å². The predicted octanol–water partition coefficient (Wildman–Crippen LogP) is 4.60. The molecule has 0 atom stereocenters. The van der Waals surface area contributed by atoms with Crippen LogP contribution in [-0.2, 0) is 6.54 Å². The van der Waals surface area contributed by atoms with E-state index in [1.54, 1.807) is 6.07 Å². The van der Waals surface area contributed by atoms with E-state index in [1.807, 2.05) is 28.8 Å². The standard InChI is InChI=1S/C16H15BrFN3/c1-2-9-21-13-8-4-7-12(18)15(13)20-16(21)10-5-3-6-11(17)14(10)19/h3-8H,2,9,19H2,1H3. The number of benzene rings is 2. The minimum absolute atomic E-state index is 0.308. The second-order valence-electron chi connectivity index (χ2n) is 4.90. The molecule has 5 heteroatoms. The van der Waals surface area contributed by atoms with Crippen LogP contribution in [0.15, 0.2) is 40.9 Å². The van der Waals surface area contributed by atoms with Gasteiger partial charge in [0.15, 0.2) is 5.82 Å². The van der Waals surface area contributed by atoms with Crippen molar-refractivity contribution in [3.05, 3.63) is 46.7 Å². The van der Waals surface area contributed by atoms with Crippen LogP contribution in [0, 0.1) is 5.82 Å². The van der Waals surface area contributed by atoms with E-state index < -0.39 is 0 Å². The van der Waals surface area contributed by atoms with Crippen molar-refractivity contribution in [1.82, 2.24) is 9.55 Å². The Morgan fingerprint density at radius 1 is 1.24 bits per heavy atom. The van der Waals surface area contributed by atoms with Gasteiger partial charge in [0.25, 0.3) is 0 Å². The highest BCUT2D eigenvalue weighted by Gasteiger charge is 2.17. The summed E-state index contributed by atoms with van der Waals surface area (Å²) in [4.78, 5) is 4.49. The molecule has 0 saturated carbocycles. The number of fused-ring (bicyclic) bond motifs is 1. The first kappa shape index (κ1) is 14.1. The van der Waals surface area contributed by atoms with Crippen molar-refractivity contribution < 1.29 is 4.39 Å². The van der Waals surface area contributed by atoms with E-state index in [0.29, 0.717) is 17.0 Å². The van der Waals surface area contributed by atoms with Crippen molar-refractivity contribution in [3.8, 4) is 11.4 Å². The molecule has 0 saturated heterocycles. The molecule has 1 heterocycles. The van der Waals surface area contributed by atoms with Gasteiger partial charge in [0.1, 0.15) is 11.3 Å². The van der Waals surface area contributed by atoms with Gasteiger partial charge in [-0.2, -0.15) is 0 Å². The zero-order valence-electron chi connectivity index (χ0n) is 11.6. The zero-order valence-corrected chi connectivity index (χ0v) is 13.2. The molecular weight excluding hydrogens is 333 g/mol. The summed E-state index contributed by atoms with van der Waals surface area (Å²) < 4.78 is 16.8. The van der Waals surface area contributed by atoms with E-state index in [0.717, 1.165) is 28.5 Å². The van der Waals surface area contributed by atoms with Gasteiger partial charge in [-0.1, -0.05) is 19.1 Å². The molecule has 3 aromatic rings. The van der Waals surface area contributed by atoms with E-state index in [1.165, 1.54) is 6.07 Å². The van der Waals surface area contributed by atoms with Crippen molar-refractivity contribution in [2.24, 2.45) is 0 Å². The van der Waals surface area contributed by atoms with Gasteiger partial charge in [0.2, 0.25) is 0 Å². The molecule has 0 radical (unpaired) electrons. The van der Waals surface area contributed by atoms with Crippen molar-refractivity contribution in [1.29, 1.82) is 0 Å². The van der Waals surface area contributed by atoms with Crippen LogP contribution >= 0.6 is 15.9 Å². The van der Waals surface area contributed by atoms with Crippen molar-refractivity contribution in [3.63, 3.8) is 0 Å². The number of anilines is 1. The van der Waals surface area contributed by atoms with Crippen LogP contribution in [0.3, 0.4) is 0 Å². The van der Waals surface area contributed by atoms with Gasteiger partial charge < -0.3 is 10.3 Å². The summed E-state index contributed by atoms with van der Waals surface area (Å²) in [5.74, 6) is 0.396. The molecule has 0 bridgehead atoms. The summed E-state index contributed by atoms with van der Waals surface area (Å²) in [5, 5.41) is 0. The molecule has 0 aliphatic heterocycles. The number of halogens is 2. The number of nitrogen functional groups attached to an aromatic ring is 1. The summed E-state index contributed by atoms with van der Waals surface area (Å²) >= 11 is 3.43. The van der Waals surface area contributed by atoms with Crippen LogP contribution in [-0.4, -0.2) is 9.55 Å². The summed E-state index contributed by atoms with van der Waals surface area (Å²) in [6.45, 7) is 2.85. The van der Waals surface area contributed by atoms with Crippen molar-refractivity contribution in [2.45, 2.75) is 19.9 Å². The number of aromatic nitrogens is 2. The third kappa shape index (κ3) is 2.31. The molecule has 2 aromatic carbocycles. The minimum atomic E-state index is -0.308. The summed E-state index contributed by atoms with van der Waals surface area (Å²) in [5.41, 5.74) is 8.76. The lowest BCUT2D eigenvalue weighted by molar-refractivity contribution is 0.637. The quantitative estimate of drug-likeness (QED) is 0.703. The second kappa shape index (κ2) is 5.48. The lowest BCUT2D eigenvalue weighted by Gasteiger charge is -2.10. The van der Waals surface area contributed by atoms with Gasteiger partial charge in [-0.05, 0) is 46.6 Å². The number of hydrogen-bond donors (Lipinski definition) is 1. The fourth-order valence-corrected chi connectivity index (χ4v) is 2.87. The smallest absolute Gasteiger partial charge is 0.151 e. The lowest BCUT2D eigenvalue weighted by atomic mass is 10.1. The molecule has 3 nitrogen and oxygen atoms in total. The number of aryl methyl sites for hydroxylation is 1. The third-order valence-corrected chi connectivity index (χ3v) is 4.16. The minimum Gasteiger partial charge on any atom is -0.397 e. The molecule has 0 aliphatic rings. The monoisotopic (exact) mass is 347 g/mol. The molecule has 2 N–H and O–H groups in total. The molecule has 108 valence electrons. The number of imidazole rings is 1. The fraction of sp³-hybridized carbons (Fsp3) is 0.188. The lowest BCUT2D eigenvalue weighted by Crippen LogP contribution is -2.02. The molecule has 1 aromatic heterocycles. The van der Waals surface area contributed by atoms with Gasteiger partial charge >= 0.3 is 0 Å². The molecule has 0 unspecified atom stereocenters. The Hall–Kier alpha value is -1.88. The van der Waals surface area contributed by atoms with Crippen LogP contribution in [0.2, 0.25) is 0 Å². The molecule has 21 heavy (non-hydrogen) atoms. The number of hydrogen-bond acceptors (Lipinski definition) is 2. The molecule has 0 fully saturated rings. The Balaban J connectivity index is 2.33. The first-order chi connectivity index (χ1) is 10.1. The van der Waals surface area contributed by atoms with E-state index in [-0.39, 0.29) is 5.82 Å². The van der Waals surface area contributed by atoms with Gasteiger partial charge in [-0.15, -0.1) is 0 Å². The topological polar surface area (TPSA) is 43.8 Å². The van der Waals surface area contributed by atoms with Gasteiger partial charge in [-0.25, -0.2) is 9.37 Å². The zero-order chi connectivity index (χ0) is 15.0. The highest BCUT2D eigenvalue weighted by Crippen LogP contribution is 2.33. The van der Waals surface area contributed by atoms with Gasteiger partial charge in [-0.3, -0.25) is 0 Å². The first-order valence-electron chi connectivity index (χ1n) is 6.82. The largest absolute Gasteiger partial charge is 0.397 e. The molecular formula is C16H15BrFN3. The number of nitrogens with zero attached hydrogens (tertiary/aromatic N) is 2. The fourth-order valence-electron chi connectivity index (χ4n) is 2.50. The van der Waals surface area contributed by atoms with E-state index in [2.05, 4.69) is 27.8 Å². The van der Waals surface area contributed by atoms with E-state index in [4.69, 9.17) is 5.73 Å². The molecule has 0 spiro atoms. The van der Waals surface area contributed by atoms with E-state index in [9.17, 15) is 4.39 Å². The Labute approximate surface area is 130 Å². The Bertz CT molecular complexity index is 811. The van der Waals surface area contributed by atoms with E-state index >= 15 is 0 Å². The SMILES string of the molecule is CCCn1c(-c2cccc(Br)c2N)nc2c(F)cccc21. The van der Waals surface area contributed by atoms with Crippen LogP contribution in [0.4, 0.5) is 10.1 Å². The van der Waals surface area contributed by atoms with Gasteiger partial charge in [0.05, 0.1) is 11.2 Å². The highest BCUT2D eigenvalue weighted by molar-refractivity contribution is 9.10. The normalized spacial score (nSPS) is 11.2. The Morgan fingerprint density at radius 3 is 2.76 bits per heavy atom.